The maximum atomic E-state index is 4.77. The van der Waals surface area contributed by atoms with Crippen molar-refractivity contribution in [3.8, 4) is 0 Å². The normalized spacial score (nSPS) is 19.1. The fourth-order valence-corrected chi connectivity index (χ4v) is 3.62. The summed E-state index contributed by atoms with van der Waals surface area (Å²) in [5.74, 6) is 2.29. The van der Waals surface area contributed by atoms with Crippen LogP contribution in [0.3, 0.4) is 0 Å². The summed E-state index contributed by atoms with van der Waals surface area (Å²) >= 11 is 0. The average Bonchev–Trinajstić information content (AvgIpc) is 3.11. The first-order valence-electron chi connectivity index (χ1n) is 9.17. The smallest absolute Gasteiger partial charge is 0.157 e. The average molecular weight is 329 g/mol. The predicted molar refractivity (Wildman–Crippen MR) is 99.9 cm³/mol. The number of anilines is 1. The Bertz CT molecular complexity index is 703. The van der Waals surface area contributed by atoms with Crippen LogP contribution in [0.5, 0.6) is 0 Å². The molecule has 0 bridgehead atoms. The van der Waals surface area contributed by atoms with Crippen LogP contribution in [0.25, 0.3) is 5.65 Å². The summed E-state index contributed by atoms with van der Waals surface area (Å²) in [4.78, 5) is 9.72. The van der Waals surface area contributed by atoms with Crippen LogP contribution in [0.1, 0.15) is 51.4 Å². The van der Waals surface area contributed by atoms with Crippen molar-refractivity contribution in [3.05, 3.63) is 23.5 Å². The molecule has 1 fully saturated rings. The van der Waals surface area contributed by atoms with E-state index in [0.29, 0.717) is 12.0 Å². The first-order valence-corrected chi connectivity index (χ1v) is 9.17. The van der Waals surface area contributed by atoms with Gasteiger partial charge in [-0.15, -0.1) is 0 Å². The molecular formula is C19H31N5. The van der Waals surface area contributed by atoms with Crippen LogP contribution >= 0.6 is 0 Å². The van der Waals surface area contributed by atoms with E-state index in [4.69, 9.17) is 4.98 Å². The molecule has 1 aliphatic rings. The lowest BCUT2D eigenvalue weighted by molar-refractivity contribution is 0.265. The number of rotatable bonds is 5. The second-order valence-corrected chi connectivity index (χ2v) is 7.87. The zero-order valence-corrected chi connectivity index (χ0v) is 16.0. The second-order valence-electron chi connectivity index (χ2n) is 7.87. The van der Waals surface area contributed by atoms with Gasteiger partial charge in [-0.3, -0.25) is 0 Å². The van der Waals surface area contributed by atoms with Crippen molar-refractivity contribution in [2.75, 3.05) is 31.6 Å². The van der Waals surface area contributed by atoms with Gasteiger partial charge in [0.25, 0.3) is 0 Å². The minimum Gasteiger partial charge on any atom is -0.359 e. The van der Waals surface area contributed by atoms with Gasteiger partial charge in [0, 0.05) is 44.0 Å². The molecule has 2 aromatic heterocycles. The quantitative estimate of drug-likeness (QED) is 0.843. The molecule has 1 saturated heterocycles. The number of likely N-dealkylation sites (tertiary alicyclic amines) is 1. The fourth-order valence-electron chi connectivity index (χ4n) is 3.62. The van der Waals surface area contributed by atoms with Gasteiger partial charge in [-0.1, -0.05) is 13.8 Å². The van der Waals surface area contributed by atoms with Crippen molar-refractivity contribution in [1.82, 2.24) is 19.5 Å². The number of aromatic nitrogens is 3. The molecule has 1 atom stereocenters. The lowest BCUT2D eigenvalue weighted by atomic mass is 10.1. The van der Waals surface area contributed by atoms with Gasteiger partial charge in [-0.05, 0) is 45.6 Å². The highest BCUT2D eigenvalue weighted by atomic mass is 15.3. The molecule has 0 spiro atoms. The Labute approximate surface area is 145 Å². The monoisotopic (exact) mass is 329 g/mol. The Morgan fingerprint density at radius 1 is 1.25 bits per heavy atom. The fraction of sp³-hybridized carbons (Fsp3) is 0.684. The molecule has 24 heavy (non-hydrogen) atoms. The molecular weight excluding hydrogens is 298 g/mol. The largest absolute Gasteiger partial charge is 0.359 e. The molecule has 0 saturated carbocycles. The van der Waals surface area contributed by atoms with Gasteiger partial charge in [-0.2, -0.15) is 9.61 Å². The molecule has 0 aliphatic carbocycles. The zero-order valence-electron chi connectivity index (χ0n) is 16.0. The van der Waals surface area contributed by atoms with E-state index in [1.165, 1.54) is 19.5 Å². The Morgan fingerprint density at radius 2 is 2.00 bits per heavy atom. The van der Waals surface area contributed by atoms with Crippen LogP contribution in [0.15, 0.2) is 12.1 Å². The van der Waals surface area contributed by atoms with Gasteiger partial charge in [0.15, 0.2) is 5.65 Å². The number of fused-ring (bicyclic) bond motifs is 1. The highest BCUT2D eigenvalue weighted by Gasteiger charge is 2.26. The van der Waals surface area contributed by atoms with Crippen molar-refractivity contribution in [3.63, 3.8) is 0 Å². The SMILES string of the molecule is Cc1cc2nc(C(C)C)cc(N(C)CC3CCN(C(C)C)C3)n2n1. The molecule has 2 aromatic rings. The number of hydrogen-bond donors (Lipinski definition) is 0. The maximum absolute atomic E-state index is 4.77. The molecule has 3 heterocycles. The van der Waals surface area contributed by atoms with Gasteiger partial charge in [0.2, 0.25) is 0 Å². The van der Waals surface area contributed by atoms with Crippen molar-refractivity contribution in [2.24, 2.45) is 5.92 Å². The van der Waals surface area contributed by atoms with Crippen molar-refractivity contribution >= 4 is 11.5 Å². The third-order valence-corrected chi connectivity index (χ3v) is 5.11. The summed E-state index contributed by atoms with van der Waals surface area (Å²) in [5.41, 5.74) is 3.11. The minimum atomic E-state index is 0.417. The number of hydrogen-bond acceptors (Lipinski definition) is 4. The molecule has 0 amide bonds. The van der Waals surface area contributed by atoms with Crippen LogP contribution in [-0.2, 0) is 0 Å². The summed E-state index contributed by atoms with van der Waals surface area (Å²) < 4.78 is 2.00. The molecule has 1 aliphatic heterocycles. The van der Waals surface area contributed by atoms with Crippen molar-refractivity contribution < 1.29 is 0 Å². The molecule has 5 heteroatoms. The van der Waals surface area contributed by atoms with E-state index in [-0.39, 0.29) is 0 Å². The van der Waals surface area contributed by atoms with E-state index in [0.717, 1.165) is 35.3 Å². The Balaban J connectivity index is 1.85. The Kier molecular flexibility index (Phi) is 4.81. The molecule has 0 N–H and O–H groups in total. The van der Waals surface area contributed by atoms with Crippen LogP contribution < -0.4 is 4.90 Å². The summed E-state index contributed by atoms with van der Waals surface area (Å²) in [6, 6.07) is 4.92. The van der Waals surface area contributed by atoms with E-state index in [1.807, 2.05) is 11.4 Å². The molecule has 0 aromatic carbocycles. The first kappa shape index (κ1) is 17.2. The molecule has 3 rings (SSSR count). The Hall–Kier alpha value is -1.62. The van der Waals surface area contributed by atoms with E-state index < -0.39 is 0 Å². The lowest BCUT2D eigenvalue weighted by Crippen LogP contribution is -2.32. The summed E-state index contributed by atoms with van der Waals surface area (Å²) in [6.45, 7) is 14.5. The van der Waals surface area contributed by atoms with Crippen LogP contribution in [0.2, 0.25) is 0 Å². The highest BCUT2D eigenvalue weighted by Crippen LogP contribution is 2.25. The minimum absolute atomic E-state index is 0.417. The third kappa shape index (κ3) is 3.41. The van der Waals surface area contributed by atoms with E-state index in [9.17, 15) is 0 Å². The lowest BCUT2D eigenvalue weighted by Gasteiger charge is -2.25. The maximum Gasteiger partial charge on any atom is 0.157 e. The molecule has 132 valence electrons. The first-order chi connectivity index (χ1) is 11.3. The summed E-state index contributed by atoms with van der Waals surface area (Å²) in [7, 11) is 2.19. The standard InChI is InChI=1S/C19H31N5/c1-13(2)17-10-19(24-18(20-17)9-15(5)21-24)22(6)11-16-7-8-23(12-16)14(3)4/h9-10,13-14,16H,7-8,11-12H2,1-6H3. The molecule has 0 radical (unpaired) electrons. The zero-order chi connectivity index (χ0) is 17.4. The van der Waals surface area contributed by atoms with Crippen LogP contribution in [0.4, 0.5) is 5.82 Å². The van der Waals surface area contributed by atoms with Gasteiger partial charge in [-0.25, -0.2) is 4.98 Å². The predicted octanol–water partition coefficient (Wildman–Crippen LogP) is 3.33. The second kappa shape index (κ2) is 6.71. The van der Waals surface area contributed by atoms with Gasteiger partial charge < -0.3 is 9.80 Å². The number of nitrogens with zero attached hydrogens (tertiary/aromatic N) is 5. The van der Waals surface area contributed by atoms with Gasteiger partial charge >= 0.3 is 0 Å². The highest BCUT2D eigenvalue weighted by molar-refractivity contribution is 5.52. The van der Waals surface area contributed by atoms with Gasteiger partial charge in [0.1, 0.15) is 5.82 Å². The summed E-state index contributed by atoms with van der Waals surface area (Å²) in [6.07, 6.45) is 1.28. The number of aryl methyl sites for hydroxylation is 1. The summed E-state index contributed by atoms with van der Waals surface area (Å²) in [5, 5.41) is 4.65. The Morgan fingerprint density at radius 3 is 2.62 bits per heavy atom. The molecule has 1 unspecified atom stereocenters. The topological polar surface area (TPSA) is 36.7 Å². The van der Waals surface area contributed by atoms with E-state index in [1.54, 1.807) is 0 Å². The van der Waals surface area contributed by atoms with Gasteiger partial charge in [0.05, 0.1) is 5.69 Å². The van der Waals surface area contributed by atoms with E-state index in [2.05, 4.69) is 61.8 Å². The van der Waals surface area contributed by atoms with Crippen molar-refractivity contribution in [2.45, 2.75) is 53.0 Å². The third-order valence-electron chi connectivity index (χ3n) is 5.11. The van der Waals surface area contributed by atoms with Crippen LogP contribution in [0, 0.1) is 12.8 Å². The van der Waals surface area contributed by atoms with E-state index >= 15 is 0 Å². The van der Waals surface area contributed by atoms with Crippen molar-refractivity contribution in [1.29, 1.82) is 0 Å². The molecule has 5 nitrogen and oxygen atoms in total. The van der Waals surface area contributed by atoms with Crippen LogP contribution in [-0.4, -0.2) is 52.2 Å².